The van der Waals surface area contributed by atoms with Crippen molar-refractivity contribution in [3.63, 3.8) is 0 Å². The van der Waals surface area contributed by atoms with Crippen LogP contribution in [0.5, 0.6) is 11.5 Å². The van der Waals surface area contributed by atoms with Gasteiger partial charge >= 0.3 is 6.03 Å². The third kappa shape index (κ3) is 5.24. The van der Waals surface area contributed by atoms with Gasteiger partial charge < -0.3 is 15.0 Å². The quantitative estimate of drug-likeness (QED) is 0.500. The number of halogens is 2. The smallest absolute Gasteiger partial charge is 0.321 e. The molecule has 8 heteroatoms. The van der Waals surface area contributed by atoms with E-state index in [9.17, 15) is 4.79 Å². The standard InChI is InChI=1S/C25H24Cl2N4O2/c26-20-4-6-21(7-5-20)33-22-3-1-2-17(10-22)12-30-13-18-15-31(16-19(18)14-30)25(32)29-24-11-28-9-8-23(24)27/h1-11,18-19H,12-16H2,(H,29,32)/t18-,19+. The number of pyridine rings is 1. The van der Waals surface area contributed by atoms with Gasteiger partial charge in [-0.1, -0.05) is 35.3 Å². The van der Waals surface area contributed by atoms with Crippen molar-refractivity contribution in [2.45, 2.75) is 6.54 Å². The average Bonchev–Trinajstić information content (AvgIpc) is 3.36. The zero-order chi connectivity index (χ0) is 22.8. The average molecular weight is 483 g/mol. The van der Waals surface area contributed by atoms with E-state index in [1.807, 2.05) is 41.3 Å². The van der Waals surface area contributed by atoms with Gasteiger partial charge in [0, 0.05) is 43.9 Å². The summed E-state index contributed by atoms with van der Waals surface area (Å²) in [5, 5.41) is 4.06. The summed E-state index contributed by atoms with van der Waals surface area (Å²) in [6.45, 7) is 4.33. The molecule has 0 bridgehead atoms. The van der Waals surface area contributed by atoms with Crippen LogP contribution in [-0.2, 0) is 6.54 Å². The largest absolute Gasteiger partial charge is 0.457 e. The van der Waals surface area contributed by atoms with Gasteiger partial charge in [0.2, 0.25) is 0 Å². The number of carbonyl (C=O) groups excluding carboxylic acids is 1. The Morgan fingerprint density at radius 1 is 1.00 bits per heavy atom. The third-order valence-corrected chi connectivity index (χ3v) is 6.79. The number of ether oxygens (including phenoxy) is 1. The molecule has 2 atom stereocenters. The highest BCUT2D eigenvalue weighted by molar-refractivity contribution is 6.33. The molecular formula is C25H24Cl2N4O2. The zero-order valence-electron chi connectivity index (χ0n) is 18.0. The number of hydrogen-bond donors (Lipinski definition) is 1. The van der Waals surface area contributed by atoms with E-state index in [2.05, 4.69) is 27.3 Å². The lowest BCUT2D eigenvalue weighted by atomic mass is 10.0. The summed E-state index contributed by atoms with van der Waals surface area (Å²) in [6.07, 6.45) is 3.18. The molecule has 6 nitrogen and oxygen atoms in total. The molecule has 1 aromatic heterocycles. The molecule has 0 saturated carbocycles. The van der Waals surface area contributed by atoms with Crippen molar-refractivity contribution in [2.24, 2.45) is 11.8 Å². The van der Waals surface area contributed by atoms with E-state index >= 15 is 0 Å². The summed E-state index contributed by atoms with van der Waals surface area (Å²) in [5.74, 6) is 2.53. The number of nitrogens with zero attached hydrogens (tertiary/aromatic N) is 3. The Labute approximate surface area is 203 Å². The lowest BCUT2D eigenvalue weighted by Gasteiger charge is -2.22. The molecule has 33 heavy (non-hydrogen) atoms. The van der Waals surface area contributed by atoms with E-state index in [0.717, 1.165) is 44.2 Å². The highest BCUT2D eigenvalue weighted by Gasteiger charge is 2.41. The number of anilines is 1. The van der Waals surface area contributed by atoms with Crippen molar-refractivity contribution < 1.29 is 9.53 Å². The summed E-state index contributed by atoms with van der Waals surface area (Å²) >= 11 is 12.1. The van der Waals surface area contributed by atoms with Crippen LogP contribution < -0.4 is 10.1 Å². The van der Waals surface area contributed by atoms with Gasteiger partial charge in [0.1, 0.15) is 11.5 Å². The van der Waals surface area contributed by atoms with Crippen LogP contribution >= 0.6 is 23.2 Å². The second-order valence-corrected chi connectivity index (χ2v) is 9.45. The molecule has 170 valence electrons. The minimum atomic E-state index is -0.113. The zero-order valence-corrected chi connectivity index (χ0v) is 19.5. The molecule has 0 aliphatic carbocycles. The molecule has 1 N–H and O–H groups in total. The van der Waals surface area contributed by atoms with Gasteiger partial charge in [-0.25, -0.2) is 4.79 Å². The lowest BCUT2D eigenvalue weighted by Crippen LogP contribution is -2.36. The summed E-state index contributed by atoms with van der Waals surface area (Å²) in [5.41, 5.74) is 1.76. The number of carbonyl (C=O) groups is 1. The first-order valence-electron chi connectivity index (χ1n) is 10.9. The summed E-state index contributed by atoms with van der Waals surface area (Å²) < 4.78 is 5.97. The van der Waals surface area contributed by atoms with E-state index in [1.54, 1.807) is 18.5 Å². The van der Waals surface area contributed by atoms with Gasteiger partial charge in [0.25, 0.3) is 0 Å². The fraction of sp³-hybridized carbons (Fsp3) is 0.280. The van der Waals surface area contributed by atoms with Crippen LogP contribution in [0.3, 0.4) is 0 Å². The van der Waals surface area contributed by atoms with E-state index in [-0.39, 0.29) is 6.03 Å². The fourth-order valence-electron chi connectivity index (χ4n) is 4.65. The van der Waals surface area contributed by atoms with Crippen LogP contribution in [-0.4, -0.2) is 47.0 Å². The maximum Gasteiger partial charge on any atom is 0.321 e. The Morgan fingerprint density at radius 3 is 2.48 bits per heavy atom. The van der Waals surface area contributed by atoms with Gasteiger partial charge in [-0.15, -0.1) is 0 Å². The van der Waals surface area contributed by atoms with E-state index < -0.39 is 0 Å². The number of hydrogen-bond acceptors (Lipinski definition) is 4. The molecule has 2 aromatic carbocycles. The van der Waals surface area contributed by atoms with Crippen molar-refractivity contribution in [1.29, 1.82) is 0 Å². The summed E-state index contributed by atoms with van der Waals surface area (Å²) in [7, 11) is 0. The van der Waals surface area contributed by atoms with Gasteiger partial charge in [-0.2, -0.15) is 0 Å². The number of benzene rings is 2. The first-order chi connectivity index (χ1) is 16.0. The van der Waals surface area contributed by atoms with Gasteiger partial charge in [0.15, 0.2) is 0 Å². The first-order valence-corrected chi connectivity index (χ1v) is 11.7. The fourth-order valence-corrected chi connectivity index (χ4v) is 4.93. The second kappa shape index (κ2) is 9.59. The van der Waals surface area contributed by atoms with E-state index in [4.69, 9.17) is 27.9 Å². The van der Waals surface area contributed by atoms with Crippen molar-refractivity contribution in [3.05, 3.63) is 82.6 Å². The monoisotopic (exact) mass is 482 g/mol. The molecular weight excluding hydrogens is 459 g/mol. The van der Waals surface area contributed by atoms with Crippen LogP contribution in [0, 0.1) is 11.8 Å². The van der Waals surface area contributed by atoms with Crippen LogP contribution in [0.1, 0.15) is 5.56 Å². The molecule has 2 amide bonds. The maximum absolute atomic E-state index is 12.7. The molecule has 2 aliphatic heterocycles. The van der Waals surface area contributed by atoms with Gasteiger partial charge in [0.05, 0.1) is 16.9 Å². The first kappa shape index (κ1) is 22.0. The number of amides is 2. The molecule has 2 aliphatic rings. The number of fused-ring (bicyclic) bond motifs is 1. The number of likely N-dealkylation sites (tertiary alicyclic amines) is 2. The summed E-state index contributed by atoms with van der Waals surface area (Å²) in [6, 6.07) is 17.1. The van der Waals surface area contributed by atoms with Crippen molar-refractivity contribution in [2.75, 3.05) is 31.5 Å². The summed E-state index contributed by atoms with van der Waals surface area (Å²) in [4.78, 5) is 21.0. The third-order valence-electron chi connectivity index (χ3n) is 6.21. The van der Waals surface area contributed by atoms with Crippen LogP contribution in [0.2, 0.25) is 10.0 Å². The van der Waals surface area contributed by atoms with Gasteiger partial charge in [-0.3, -0.25) is 9.88 Å². The molecule has 2 saturated heterocycles. The number of nitrogens with one attached hydrogen (secondary N) is 1. The normalized spacial score (nSPS) is 20.0. The van der Waals surface area contributed by atoms with Crippen LogP contribution in [0.15, 0.2) is 67.0 Å². The molecule has 5 rings (SSSR count). The molecule has 3 aromatic rings. The molecule has 2 fully saturated rings. The van der Waals surface area contributed by atoms with Crippen LogP contribution in [0.25, 0.3) is 0 Å². The topological polar surface area (TPSA) is 57.7 Å². The highest BCUT2D eigenvalue weighted by atomic mass is 35.5. The molecule has 0 unspecified atom stereocenters. The van der Waals surface area contributed by atoms with Crippen molar-refractivity contribution in [3.8, 4) is 11.5 Å². The molecule has 3 heterocycles. The minimum Gasteiger partial charge on any atom is -0.457 e. The predicted octanol–water partition coefficient (Wildman–Crippen LogP) is 5.78. The maximum atomic E-state index is 12.7. The highest BCUT2D eigenvalue weighted by Crippen LogP contribution is 2.33. The lowest BCUT2D eigenvalue weighted by molar-refractivity contribution is 0.212. The number of rotatable bonds is 5. The minimum absolute atomic E-state index is 0.113. The SMILES string of the molecule is O=C(Nc1cnccc1Cl)N1C[C@H]2CN(Cc3cccc(Oc4ccc(Cl)cc4)c3)C[C@H]2C1. The van der Waals surface area contributed by atoms with Crippen molar-refractivity contribution >= 4 is 34.9 Å². The predicted molar refractivity (Wildman–Crippen MR) is 130 cm³/mol. The van der Waals surface area contributed by atoms with E-state index in [0.29, 0.717) is 27.6 Å². The Bertz CT molecular complexity index is 1130. The van der Waals surface area contributed by atoms with E-state index in [1.165, 1.54) is 5.56 Å². The van der Waals surface area contributed by atoms with Crippen molar-refractivity contribution in [1.82, 2.24) is 14.8 Å². The number of aromatic nitrogens is 1. The molecule has 0 spiro atoms. The Hall–Kier alpha value is -2.80. The Morgan fingerprint density at radius 2 is 1.76 bits per heavy atom. The van der Waals surface area contributed by atoms with Gasteiger partial charge in [-0.05, 0) is 59.9 Å². The van der Waals surface area contributed by atoms with Crippen LogP contribution in [0.4, 0.5) is 10.5 Å². The second-order valence-electron chi connectivity index (χ2n) is 8.61. The number of urea groups is 1. The Balaban J connectivity index is 1.14. The molecule has 0 radical (unpaired) electrons. The Kier molecular flexibility index (Phi) is 6.40.